The van der Waals surface area contributed by atoms with Crippen LogP contribution in [0.4, 0.5) is 5.69 Å². The summed E-state index contributed by atoms with van der Waals surface area (Å²) in [5.41, 5.74) is 3.20. The highest BCUT2D eigenvalue weighted by Gasteiger charge is 2.16. The normalized spacial score (nSPS) is 11.8. The van der Waals surface area contributed by atoms with Crippen LogP contribution in [0.25, 0.3) is 0 Å². The third-order valence-electron chi connectivity index (χ3n) is 4.12. The average Bonchev–Trinajstić information content (AvgIpc) is 2.63. The number of benzene rings is 2. The molecule has 2 amide bonds. The van der Waals surface area contributed by atoms with Crippen LogP contribution in [0, 0.1) is 19.8 Å². The van der Waals surface area contributed by atoms with E-state index in [1.54, 1.807) is 25.1 Å². The molecular formula is C22H28N2O3. The molecule has 0 heterocycles. The van der Waals surface area contributed by atoms with Crippen molar-refractivity contribution in [2.45, 2.75) is 40.7 Å². The van der Waals surface area contributed by atoms with E-state index in [2.05, 4.69) is 10.6 Å². The van der Waals surface area contributed by atoms with Crippen LogP contribution in [0.3, 0.4) is 0 Å². The third-order valence-corrected chi connectivity index (χ3v) is 4.12. The first-order valence-electron chi connectivity index (χ1n) is 9.19. The quantitative estimate of drug-likeness (QED) is 0.773. The number of rotatable bonds is 7. The van der Waals surface area contributed by atoms with Gasteiger partial charge in [0.15, 0.2) is 6.10 Å². The van der Waals surface area contributed by atoms with Gasteiger partial charge in [-0.05, 0) is 62.6 Å². The lowest BCUT2D eigenvalue weighted by Gasteiger charge is -2.16. The molecule has 5 nitrogen and oxygen atoms in total. The number of amides is 2. The van der Waals surface area contributed by atoms with Gasteiger partial charge in [-0.1, -0.05) is 31.5 Å². The van der Waals surface area contributed by atoms with Gasteiger partial charge in [0.05, 0.1) is 0 Å². The van der Waals surface area contributed by atoms with Crippen molar-refractivity contribution in [2.75, 3.05) is 11.9 Å². The Kier molecular flexibility index (Phi) is 6.99. The average molecular weight is 368 g/mol. The summed E-state index contributed by atoms with van der Waals surface area (Å²) >= 11 is 0. The largest absolute Gasteiger partial charge is 0.481 e. The third kappa shape index (κ3) is 6.13. The number of anilines is 1. The van der Waals surface area contributed by atoms with Gasteiger partial charge in [-0.25, -0.2) is 0 Å². The molecule has 144 valence electrons. The monoisotopic (exact) mass is 368 g/mol. The van der Waals surface area contributed by atoms with E-state index in [9.17, 15) is 9.59 Å². The molecule has 0 aliphatic heterocycles. The number of carbonyl (C=O) groups excluding carboxylic acids is 2. The van der Waals surface area contributed by atoms with Crippen LogP contribution in [0.5, 0.6) is 5.75 Å². The minimum absolute atomic E-state index is 0.110. The number of ether oxygens (including phenoxy) is 1. The Balaban J connectivity index is 1.98. The first-order chi connectivity index (χ1) is 12.8. The van der Waals surface area contributed by atoms with Crippen molar-refractivity contribution in [2.24, 2.45) is 5.92 Å². The van der Waals surface area contributed by atoms with Gasteiger partial charge in [-0.15, -0.1) is 0 Å². The Morgan fingerprint density at radius 1 is 1.00 bits per heavy atom. The summed E-state index contributed by atoms with van der Waals surface area (Å²) in [5, 5.41) is 5.75. The number of aryl methyl sites for hydroxylation is 2. The maximum absolute atomic E-state index is 12.4. The summed E-state index contributed by atoms with van der Waals surface area (Å²) < 4.78 is 5.68. The Bertz CT molecular complexity index is 798. The van der Waals surface area contributed by atoms with E-state index >= 15 is 0 Å². The van der Waals surface area contributed by atoms with Crippen molar-refractivity contribution in [3.63, 3.8) is 0 Å². The van der Waals surface area contributed by atoms with Crippen LogP contribution in [0.1, 0.15) is 42.3 Å². The molecule has 2 rings (SSSR count). The maximum atomic E-state index is 12.4. The van der Waals surface area contributed by atoms with E-state index in [-0.39, 0.29) is 11.8 Å². The molecule has 0 spiro atoms. The summed E-state index contributed by atoms with van der Waals surface area (Å²) in [6, 6.07) is 12.8. The molecule has 0 bridgehead atoms. The zero-order valence-corrected chi connectivity index (χ0v) is 16.6. The second-order valence-electron chi connectivity index (χ2n) is 7.20. The second kappa shape index (κ2) is 9.21. The summed E-state index contributed by atoms with van der Waals surface area (Å²) in [5.74, 6) is 0.692. The topological polar surface area (TPSA) is 67.4 Å². The van der Waals surface area contributed by atoms with Crippen LogP contribution < -0.4 is 15.4 Å². The minimum atomic E-state index is -0.638. The van der Waals surface area contributed by atoms with Crippen LogP contribution in [0.15, 0.2) is 42.5 Å². The molecule has 27 heavy (non-hydrogen) atoms. The highest BCUT2D eigenvalue weighted by Crippen LogP contribution is 2.18. The standard InChI is InChI=1S/C22H28N2O3/c1-14(2)13-23-22(26)18-8-11-20(16(4)12-18)24-21(25)17(5)27-19-9-6-15(3)7-10-19/h6-12,14,17H,13H2,1-5H3,(H,23,26)(H,24,25). The summed E-state index contributed by atoms with van der Waals surface area (Å²) in [6.07, 6.45) is -0.638. The van der Waals surface area contributed by atoms with Gasteiger partial charge in [-0.2, -0.15) is 0 Å². The first kappa shape index (κ1) is 20.5. The lowest BCUT2D eigenvalue weighted by atomic mass is 10.1. The van der Waals surface area contributed by atoms with Crippen molar-refractivity contribution in [1.29, 1.82) is 0 Å². The SMILES string of the molecule is Cc1ccc(OC(C)C(=O)Nc2ccc(C(=O)NCC(C)C)cc2C)cc1. The van der Waals surface area contributed by atoms with Crippen molar-refractivity contribution in [3.8, 4) is 5.75 Å². The lowest BCUT2D eigenvalue weighted by Crippen LogP contribution is -2.30. The van der Waals surface area contributed by atoms with Crippen LogP contribution in [-0.4, -0.2) is 24.5 Å². The van der Waals surface area contributed by atoms with E-state index in [4.69, 9.17) is 4.74 Å². The van der Waals surface area contributed by atoms with Crippen molar-refractivity contribution >= 4 is 17.5 Å². The van der Waals surface area contributed by atoms with Crippen molar-refractivity contribution in [1.82, 2.24) is 5.32 Å². The highest BCUT2D eigenvalue weighted by atomic mass is 16.5. The lowest BCUT2D eigenvalue weighted by molar-refractivity contribution is -0.122. The first-order valence-corrected chi connectivity index (χ1v) is 9.19. The molecule has 2 aromatic carbocycles. The predicted octanol–water partition coefficient (Wildman–Crippen LogP) is 4.10. The molecule has 1 atom stereocenters. The number of hydrogen-bond acceptors (Lipinski definition) is 3. The molecule has 0 radical (unpaired) electrons. The van der Waals surface area contributed by atoms with E-state index < -0.39 is 6.10 Å². The van der Waals surface area contributed by atoms with Gasteiger partial charge < -0.3 is 15.4 Å². The van der Waals surface area contributed by atoms with Gasteiger partial charge in [0.2, 0.25) is 0 Å². The van der Waals surface area contributed by atoms with Gasteiger partial charge in [0.25, 0.3) is 11.8 Å². The zero-order chi connectivity index (χ0) is 20.0. The van der Waals surface area contributed by atoms with Crippen LogP contribution >= 0.6 is 0 Å². The Morgan fingerprint density at radius 2 is 1.67 bits per heavy atom. The molecule has 0 aliphatic rings. The zero-order valence-electron chi connectivity index (χ0n) is 16.6. The van der Waals surface area contributed by atoms with Gasteiger partial charge in [0, 0.05) is 17.8 Å². The molecule has 0 saturated carbocycles. The Labute approximate surface area is 161 Å². The van der Waals surface area contributed by atoms with Crippen molar-refractivity contribution in [3.05, 3.63) is 59.2 Å². The Hall–Kier alpha value is -2.82. The second-order valence-corrected chi connectivity index (χ2v) is 7.20. The van der Waals surface area contributed by atoms with E-state index in [1.165, 1.54) is 0 Å². The number of carbonyl (C=O) groups is 2. The molecule has 0 fully saturated rings. The predicted molar refractivity (Wildman–Crippen MR) is 108 cm³/mol. The number of hydrogen-bond donors (Lipinski definition) is 2. The molecule has 0 saturated heterocycles. The molecule has 2 N–H and O–H groups in total. The summed E-state index contributed by atoms with van der Waals surface area (Å²) in [4.78, 5) is 24.6. The van der Waals surface area contributed by atoms with Crippen molar-refractivity contribution < 1.29 is 14.3 Å². The summed E-state index contributed by atoms with van der Waals surface area (Å²) in [7, 11) is 0. The van der Waals surface area contributed by atoms with Gasteiger partial charge in [-0.3, -0.25) is 9.59 Å². The van der Waals surface area contributed by atoms with E-state index in [1.807, 2.05) is 52.0 Å². The summed E-state index contributed by atoms with van der Waals surface area (Å²) in [6.45, 7) is 10.3. The smallest absolute Gasteiger partial charge is 0.265 e. The van der Waals surface area contributed by atoms with Crippen LogP contribution in [-0.2, 0) is 4.79 Å². The molecular weight excluding hydrogens is 340 g/mol. The molecule has 5 heteroatoms. The van der Waals surface area contributed by atoms with Gasteiger partial charge in [0.1, 0.15) is 5.75 Å². The van der Waals surface area contributed by atoms with Gasteiger partial charge >= 0.3 is 0 Å². The van der Waals surface area contributed by atoms with E-state index in [0.717, 1.165) is 11.1 Å². The molecule has 1 unspecified atom stereocenters. The van der Waals surface area contributed by atoms with E-state index in [0.29, 0.717) is 29.5 Å². The minimum Gasteiger partial charge on any atom is -0.481 e. The van der Waals surface area contributed by atoms with Crippen LogP contribution in [0.2, 0.25) is 0 Å². The maximum Gasteiger partial charge on any atom is 0.265 e. The Morgan fingerprint density at radius 3 is 2.26 bits per heavy atom. The number of nitrogens with one attached hydrogen (secondary N) is 2. The fourth-order valence-electron chi connectivity index (χ4n) is 2.45. The molecule has 0 aliphatic carbocycles. The fraction of sp³-hybridized carbons (Fsp3) is 0.364. The molecule has 0 aromatic heterocycles. The fourth-order valence-corrected chi connectivity index (χ4v) is 2.45. The highest BCUT2D eigenvalue weighted by molar-refractivity contribution is 5.97. The molecule has 2 aromatic rings.